The summed E-state index contributed by atoms with van der Waals surface area (Å²) < 4.78 is 0. The number of carbonyl (C=O) groups is 4. The quantitative estimate of drug-likeness (QED) is 0.261. The highest BCUT2D eigenvalue weighted by atomic mass is 16.4. The minimum atomic E-state index is -1.44. The highest BCUT2D eigenvalue weighted by molar-refractivity contribution is 6.01. The predicted molar refractivity (Wildman–Crippen MR) is 113 cm³/mol. The third kappa shape index (κ3) is 5.26. The Morgan fingerprint density at radius 2 is 1.94 bits per heavy atom. The largest absolute Gasteiger partial charge is 0.507 e. The summed E-state index contributed by atoms with van der Waals surface area (Å²) in [7, 11) is 0. The van der Waals surface area contributed by atoms with Crippen LogP contribution in [0.1, 0.15) is 46.7 Å². The fourth-order valence-corrected chi connectivity index (χ4v) is 3.53. The number of phenolic OH excluding ortho intramolecular Hbond substituents is 1. The number of anilines is 2. The smallest absolute Gasteiger partial charge is 0.326 e. The van der Waals surface area contributed by atoms with Gasteiger partial charge in [0.2, 0.25) is 11.9 Å². The highest BCUT2D eigenvalue weighted by Crippen LogP contribution is 2.32. The molecule has 3 rings (SSSR count). The van der Waals surface area contributed by atoms with E-state index in [0.717, 1.165) is 0 Å². The SMILES string of the molecule is Nc1nc2c(c(=O)[nH]1)C(CCc1ccc(C(=O)N[C@H](CCC(=O)O)C(=O)O)c(O)c1)C(=O)N2. The van der Waals surface area contributed by atoms with Crippen LogP contribution in [0.5, 0.6) is 5.75 Å². The number of fused-ring (bicyclic) bond motifs is 1. The topological polar surface area (TPSA) is 225 Å². The van der Waals surface area contributed by atoms with Crippen LogP contribution in [0.3, 0.4) is 0 Å². The first kappa shape index (κ1) is 23.2. The van der Waals surface area contributed by atoms with Crippen LogP contribution in [-0.2, 0) is 20.8 Å². The van der Waals surface area contributed by atoms with E-state index in [1.54, 1.807) is 0 Å². The van der Waals surface area contributed by atoms with Gasteiger partial charge in [-0.15, -0.1) is 0 Å². The van der Waals surface area contributed by atoms with E-state index in [-0.39, 0.29) is 42.2 Å². The Morgan fingerprint density at radius 1 is 1.21 bits per heavy atom. The van der Waals surface area contributed by atoms with Crippen molar-refractivity contribution in [1.29, 1.82) is 0 Å². The number of nitrogens with zero attached hydrogens (tertiary/aromatic N) is 1. The second kappa shape index (κ2) is 9.38. The monoisotopic (exact) mass is 459 g/mol. The Hall–Kier alpha value is -4.42. The molecular weight excluding hydrogens is 438 g/mol. The molecule has 1 aliphatic rings. The molecule has 2 aromatic rings. The molecule has 1 aromatic carbocycles. The number of aromatic amines is 1. The Labute approximate surface area is 185 Å². The molecule has 0 saturated heterocycles. The van der Waals surface area contributed by atoms with Crippen molar-refractivity contribution in [2.24, 2.45) is 0 Å². The molecule has 1 aliphatic heterocycles. The Morgan fingerprint density at radius 3 is 2.58 bits per heavy atom. The molecule has 33 heavy (non-hydrogen) atoms. The predicted octanol–water partition coefficient (Wildman–Crippen LogP) is -0.226. The van der Waals surface area contributed by atoms with Crippen molar-refractivity contribution in [2.75, 3.05) is 11.1 Å². The van der Waals surface area contributed by atoms with Gasteiger partial charge in [-0.3, -0.25) is 24.2 Å². The van der Waals surface area contributed by atoms with Gasteiger partial charge in [0.1, 0.15) is 17.6 Å². The molecule has 174 valence electrons. The van der Waals surface area contributed by atoms with Crippen molar-refractivity contribution in [3.8, 4) is 5.75 Å². The number of nitrogens with one attached hydrogen (secondary N) is 3. The van der Waals surface area contributed by atoms with Crippen LogP contribution < -0.4 is 21.9 Å². The van der Waals surface area contributed by atoms with Gasteiger partial charge in [-0.2, -0.15) is 4.98 Å². The number of aromatic hydroxyl groups is 1. The first-order chi connectivity index (χ1) is 15.6. The van der Waals surface area contributed by atoms with Gasteiger partial charge in [-0.1, -0.05) is 6.07 Å². The molecule has 0 aliphatic carbocycles. The summed E-state index contributed by atoms with van der Waals surface area (Å²) in [5.74, 6) is -5.09. The molecule has 2 atom stereocenters. The van der Waals surface area contributed by atoms with E-state index in [0.29, 0.717) is 5.56 Å². The molecule has 2 heterocycles. The van der Waals surface area contributed by atoms with E-state index in [1.165, 1.54) is 18.2 Å². The number of hydrogen-bond acceptors (Lipinski definition) is 8. The number of aliphatic carboxylic acids is 2. The molecule has 1 aromatic heterocycles. The molecule has 8 N–H and O–H groups in total. The second-order valence-electron chi connectivity index (χ2n) is 7.44. The summed E-state index contributed by atoms with van der Waals surface area (Å²) in [6, 6.07) is 2.66. The number of benzene rings is 1. The lowest BCUT2D eigenvalue weighted by atomic mass is 9.94. The number of aryl methyl sites for hydroxylation is 1. The van der Waals surface area contributed by atoms with Crippen LogP contribution >= 0.6 is 0 Å². The van der Waals surface area contributed by atoms with Gasteiger partial charge >= 0.3 is 11.9 Å². The molecular formula is C20H21N5O8. The number of aromatic nitrogens is 2. The van der Waals surface area contributed by atoms with Crippen LogP contribution in [0.2, 0.25) is 0 Å². The maximum absolute atomic E-state index is 12.4. The van der Waals surface area contributed by atoms with Crippen LogP contribution in [-0.4, -0.2) is 55.1 Å². The average molecular weight is 459 g/mol. The normalized spacial score (nSPS) is 15.4. The van der Waals surface area contributed by atoms with Crippen LogP contribution in [0.4, 0.5) is 11.8 Å². The van der Waals surface area contributed by atoms with Crippen molar-refractivity contribution >= 4 is 35.5 Å². The lowest BCUT2D eigenvalue weighted by molar-refractivity contribution is -0.140. The standard InChI is InChI=1S/C20H21N5O8/c21-20-24-15-14(18(31)25-20)10(17(30)23-15)4-2-8-1-3-9(12(26)7-8)16(29)22-11(19(32)33)5-6-13(27)28/h1,3,7,10-11,26H,2,4-6H2,(H,22,29)(H,27,28)(H,32,33)(H4,21,23,24,25,30,31)/t10?,11-/m1/s1. The first-order valence-electron chi connectivity index (χ1n) is 9.84. The number of carboxylic acids is 2. The van der Waals surface area contributed by atoms with Gasteiger partial charge in [0.25, 0.3) is 11.5 Å². The van der Waals surface area contributed by atoms with Gasteiger partial charge in [-0.25, -0.2) is 4.79 Å². The van der Waals surface area contributed by atoms with E-state index in [4.69, 9.17) is 15.9 Å². The van der Waals surface area contributed by atoms with E-state index < -0.39 is 53.4 Å². The van der Waals surface area contributed by atoms with Crippen LogP contribution in [0.15, 0.2) is 23.0 Å². The van der Waals surface area contributed by atoms with Gasteiger partial charge in [0, 0.05) is 6.42 Å². The third-order valence-corrected chi connectivity index (χ3v) is 5.16. The lowest BCUT2D eigenvalue weighted by Crippen LogP contribution is -2.41. The van der Waals surface area contributed by atoms with Crippen molar-refractivity contribution in [1.82, 2.24) is 15.3 Å². The van der Waals surface area contributed by atoms with Gasteiger partial charge in [-0.05, 0) is 37.0 Å². The minimum absolute atomic E-state index is 0.108. The van der Waals surface area contributed by atoms with Crippen molar-refractivity contribution < 1.29 is 34.5 Å². The van der Waals surface area contributed by atoms with Crippen LogP contribution in [0.25, 0.3) is 0 Å². The molecule has 0 radical (unpaired) electrons. The van der Waals surface area contributed by atoms with Crippen molar-refractivity contribution in [3.63, 3.8) is 0 Å². The summed E-state index contributed by atoms with van der Waals surface area (Å²) >= 11 is 0. The Balaban J connectivity index is 1.68. The Kier molecular flexibility index (Phi) is 6.61. The number of hydrogen-bond donors (Lipinski definition) is 7. The molecule has 0 fully saturated rings. The molecule has 13 heteroatoms. The summed E-state index contributed by atoms with van der Waals surface area (Å²) in [6.45, 7) is 0. The fourth-order valence-electron chi connectivity index (χ4n) is 3.53. The summed E-state index contributed by atoms with van der Waals surface area (Å²) in [6.07, 6.45) is -0.285. The maximum atomic E-state index is 12.4. The third-order valence-electron chi connectivity index (χ3n) is 5.16. The zero-order valence-corrected chi connectivity index (χ0v) is 17.1. The Bertz CT molecular complexity index is 1190. The maximum Gasteiger partial charge on any atom is 0.326 e. The number of nitrogens with two attached hydrogens (primary N) is 1. The van der Waals surface area contributed by atoms with Crippen LogP contribution in [0, 0.1) is 0 Å². The zero-order chi connectivity index (χ0) is 24.3. The van der Waals surface area contributed by atoms with Gasteiger partial charge < -0.3 is 31.7 Å². The van der Waals surface area contributed by atoms with Crippen molar-refractivity contribution in [3.05, 3.63) is 45.2 Å². The fraction of sp³-hybridized carbons (Fsp3) is 0.300. The van der Waals surface area contributed by atoms with Gasteiger partial charge in [0.05, 0.1) is 17.0 Å². The first-order valence-corrected chi connectivity index (χ1v) is 9.84. The molecule has 0 spiro atoms. The van der Waals surface area contributed by atoms with E-state index >= 15 is 0 Å². The molecule has 0 bridgehead atoms. The second-order valence-corrected chi connectivity index (χ2v) is 7.44. The zero-order valence-electron chi connectivity index (χ0n) is 17.1. The molecule has 1 unspecified atom stereocenters. The van der Waals surface area contributed by atoms with E-state index in [2.05, 4.69) is 20.6 Å². The number of phenols is 1. The summed E-state index contributed by atoms with van der Waals surface area (Å²) in [4.78, 5) is 64.9. The molecule has 2 amide bonds. The number of carboxylic acid groups (broad SMARTS) is 2. The molecule has 0 saturated carbocycles. The van der Waals surface area contributed by atoms with Gasteiger partial charge in [0.15, 0.2) is 0 Å². The van der Waals surface area contributed by atoms with E-state index in [1.807, 2.05) is 0 Å². The molecule has 13 nitrogen and oxygen atoms in total. The minimum Gasteiger partial charge on any atom is -0.507 e. The number of H-pyrrole nitrogens is 1. The number of amides is 2. The lowest BCUT2D eigenvalue weighted by Gasteiger charge is -2.15. The van der Waals surface area contributed by atoms with Crippen molar-refractivity contribution in [2.45, 2.75) is 37.6 Å². The summed E-state index contributed by atoms with van der Waals surface area (Å²) in [5.41, 5.74) is 5.50. The number of carbonyl (C=O) groups excluding carboxylic acids is 2. The summed E-state index contributed by atoms with van der Waals surface area (Å²) in [5, 5.41) is 32.8. The van der Waals surface area contributed by atoms with E-state index in [9.17, 15) is 29.1 Å². The average Bonchev–Trinajstić information content (AvgIpc) is 3.04. The number of rotatable bonds is 9. The highest BCUT2D eigenvalue weighted by Gasteiger charge is 2.34. The number of nitrogen functional groups attached to an aromatic ring is 1.